The number of hydrogen-bond acceptors (Lipinski definition) is 4. The van der Waals surface area contributed by atoms with Crippen LogP contribution in [0.5, 0.6) is 0 Å². The smallest absolute Gasteiger partial charge is 0.271 e. The second-order valence-corrected chi connectivity index (χ2v) is 7.10. The maximum absolute atomic E-state index is 12.9. The lowest BCUT2D eigenvalue weighted by atomic mass is 10.1. The van der Waals surface area contributed by atoms with Crippen molar-refractivity contribution in [1.29, 1.82) is 0 Å². The topological polar surface area (TPSA) is 53.7 Å². The molecule has 0 unspecified atom stereocenters. The molecule has 2 aliphatic rings. The molecule has 132 valence electrons. The first kappa shape index (κ1) is 15.4. The first-order chi connectivity index (χ1) is 12.8. The lowest BCUT2D eigenvalue weighted by Crippen LogP contribution is -2.30. The molecule has 0 radical (unpaired) electrons. The molecule has 3 aromatic heterocycles. The number of rotatable bonds is 3. The van der Waals surface area contributed by atoms with Gasteiger partial charge < -0.3 is 9.80 Å². The highest BCUT2D eigenvalue weighted by Crippen LogP contribution is 2.26. The largest absolute Gasteiger partial charge is 0.357 e. The fourth-order valence-electron chi connectivity index (χ4n) is 4.00. The van der Waals surface area contributed by atoms with Gasteiger partial charge in [-0.05, 0) is 37.0 Å². The maximum atomic E-state index is 12.9. The fraction of sp³-hybridized carbons (Fsp3) is 0.350. The summed E-state index contributed by atoms with van der Waals surface area (Å²) in [7, 11) is 0. The number of amides is 1. The van der Waals surface area contributed by atoms with E-state index in [1.165, 1.54) is 19.3 Å². The average Bonchev–Trinajstić information content (AvgIpc) is 3.28. The van der Waals surface area contributed by atoms with E-state index in [4.69, 9.17) is 0 Å². The van der Waals surface area contributed by atoms with Crippen LogP contribution < -0.4 is 4.90 Å². The highest BCUT2D eigenvalue weighted by Gasteiger charge is 2.30. The van der Waals surface area contributed by atoms with E-state index >= 15 is 0 Å². The lowest BCUT2D eigenvalue weighted by molar-refractivity contribution is 0.0761. The summed E-state index contributed by atoms with van der Waals surface area (Å²) in [5, 5.41) is 0. The minimum Gasteiger partial charge on any atom is -0.357 e. The molecule has 6 nitrogen and oxygen atoms in total. The molecule has 0 aromatic carbocycles. The number of carbonyl (C=O) groups excluding carboxylic acids is 1. The van der Waals surface area contributed by atoms with Gasteiger partial charge in [-0.15, -0.1) is 0 Å². The highest BCUT2D eigenvalue weighted by molar-refractivity contribution is 5.97. The molecule has 0 saturated carbocycles. The number of piperidine rings is 1. The maximum Gasteiger partial charge on any atom is 0.271 e. The molecule has 1 fully saturated rings. The Hall–Kier alpha value is -2.89. The van der Waals surface area contributed by atoms with Gasteiger partial charge in [-0.3, -0.25) is 9.20 Å². The van der Waals surface area contributed by atoms with Gasteiger partial charge >= 0.3 is 0 Å². The zero-order valence-corrected chi connectivity index (χ0v) is 14.6. The van der Waals surface area contributed by atoms with Gasteiger partial charge in [0.15, 0.2) is 0 Å². The second kappa shape index (κ2) is 6.12. The number of carbonyl (C=O) groups is 1. The first-order valence-electron chi connectivity index (χ1n) is 9.24. The van der Waals surface area contributed by atoms with E-state index in [0.717, 1.165) is 41.4 Å². The molecule has 0 bridgehead atoms. The van der Waals surface area contributed by atoms with Crippen molar-refractivity contribution in [1.82, 2.24) is 19.3 Å². The van der Waals surface area contributed by atoms with Gasteiger partial charge in [0.25, 0.3) is 5.91 Å². The monoisotopic (exact) mass is 347 g/mol. The van der Waals surface area contributed by atoms with Gasteiger partial charge in [0.05, 0.1) is 0 Å². The van der Waals surface area contributed by atoms with E-state index in [1.54, 1.807) is 6.20 Å². The van der Waals surface area contributed by atoms with E-state index in [2.05, 4.69) is 27.0 Å². The fourth-order valence-corrected chi connectivity index (χ4v) is 4.00. The zero-order chi connectivity index (χ0) is 17.5. The molecule has 26 heavy (non-hydrogen) atoms. The molecule has 0 spiro atoms. The number of fused-ring (bicyclic) bond motifs is 3. The molecule has 5 rings (SSSR count). The van der Waals surface area contributed by atoms with Gasteiger partial charge in [0.2, 0.25) is 0 Å². The van der Waals surface area contributed by atoms with Crippen LogP contribution in [-0.4, -0.2) is 38.3 Å². The first-order valence-corrected chi connectivity index (χ1v) is 9.24. The Morgan fingerprint density at radius 1 is 1.00 bits per heavy atom. The third-order valence-electron chi connectivity index (χ3n) is 5.36. The van der Waals surface area contributed by atoms with E-state index in [0.29, 0.717) is 13.1 Å². The summed E-state index contributed by atoms with van der Waals surface area (Å²) >= 11 is 0. The quantitative estimate of drug-likeness (QED) is 0.731. The van der Waals surface area contributed by atoms with Crippen LogP contribution in [0.15, 0.2) is 42.9 Å². The highest BCUT2D eigenvalue weighted by atomic mass is 16.2. The number of anilines is 1. The minimum atomic E-state index is 0.0590. The van der Waals surface area contributed by atoms with Crippen LogP contribution in [0, 0.1) is 0 Å². The van der Waals surface area contributed by atoms with Gasteiger partial charge in [0, 0.05) is 50.3 Å². The van der Waals surface area contributed by atoms with Crippen LogP contribution >= 0.6 is 0 Å². The molecule has 1 amide bonds. The number of hydrogen-bond donors (Lipinski definition) is 0. The average molecular weight is 347 g/mol. The third kappa shape index (κ3) is 2.53. The normalized spacial score (nSPS) is 17.2. The van der Waals surface area contributed by atoms with Gasteiger partial charge in [-0.2, -0.15) is 0 Å². The molecule has 3 aromatic rings. The summed E-state index contributed by atoms with van der Waals surface area (Å²) in [5.41, 5.74) is 3.66. The summed E-state index contributed by atoms with van der Waals surface area (Å²) in [4.78, 5) is 26.0. The molecule has 0 N–H and O–H groups in total. The summed E-state index contributed by atoms with van der Waals surface area (Å²) in [6.45, 7) is 3.40. The Morgan fingerprint density at radius 2 is 1.88 bits per heavy atom. The van der Waals surface area contributed by atoms with Gasteiger partial charge in [-0.25, -0.2) is 9.97 Å². The van der Waals surface area contributed by atoms with Crippen molar-refractivity contribution in [3.8, 4) is 0 Å². The van der Waals surface area contributed by atoms with Crippen molar-refractivity contribution >= 4 is 17.4 Å². The molecule has 6 heteroatoms. The van der Waals surface area contributed by atoms with Crippen LogP contribution in [0.4, 0.5) is 5.82 Å². The molecule has 2 aliphatic heterocycles. The Balaban J connectivity index is 1.34. The van der Waals surface area contributed by atoms with Crippen LogP contribution in [0.25, 0.3) is 5.65 Å². The molecule has 5 heterocycles. The molecular weight excluding hydrogens is 326 g/mol. The van der Waals surface area contributed by atoms with E-state index in [-0.39, 0.29) is 5.91 Å². The summed E-state index contributed by atoms with van der Waals surface area (Å²) in [6, 6.07) is 8.15. The van der Waals surface area contributed by atoms with Crippen molar-refractivity contribution in [2.75, 3.05) is 18.0 Å². The SMILES string of the molecule is O=C1c2c(ccc3nccn23)CN1Cc1ccc(N2CCCCC2)nc1. The predicted octanol–water partition coefficient (Wildman–Crippen LogP) is 2.88. The molecule has 0 aliphatic carbocycles. The van der Waals surface area contributed by atoms with Crippen molar-refractivity contribution in [3.63, 3.8) is 0 Å². The Kier molecular flexibility index (Phi) is 3.62. The number of imidazole rings is 1. The van der Waals surface area contributed by atoms with Gasteiger partial charge in [0.1, 0.15) is 17.2 Å². The Labute approximate surface area is 152 Å². The third-order valence-corrected chi connectivity index (χ3v) is 5.36. The van der Waals surface area contributed by atoms with Crippen LogP contribution in [0.2, 0.25) is 0 Å². The predicted molar refractivity (Wildman–Crippen MR) is 99.1 cm³/mol. The zero-order valence-electron chi connectivity index (χ0n) is 14.6. The summed E-state index contributed by atoms with van der Waals surface area (Å²) in [6.07, 6.45) is 9.29. The van der Waals surface area contributed by atoms with Gasteiger partial charge in [-0.1, -0.05) is 12.1 Å². The standard InChI is InChI=1S/C20H21N5O/c26-20-19-16(5-7-18-21-8-11-25(18)19)14-24(20)13-15-4-6-17(22-12-15)23-9-2-1-3-10-23/h4-8,11-12H,1-3,9-10,13-14H2. The van der Waals surface area contributed by atoms with E-state index < -0.39 is 0 Å². The molecule has 0 atom stereocenters. The minimum absolute atomic E-state index is 0.0590. The van der Waals surface area contributed by atoms with Crippen LogP contribution in [0.3, 0.4) is 0 Å². The number of pyridine rings is 2. The Bertz CT molecular complexity index is 956. The van der Waals surface area contributed by atoms with Crippen molar-refractivity contribution in [3.05, 3.63) is 59.7 Å². The van der Waals surface area contributed by atoms with E-state index in [1.807, 2.05) is 33.8 Å². The lowest BCUT2D eigenvalue weighted by Gasteiger charge is -2.27. The number of aromatic nitrogens is 3. The van der Waals surface area contributed by atoms with E-state index in [9.17, 15) is 4.79 Å². The van der Waals surface area contributed by atoms with Crippen molar-refractivity contribution < 1.29 is 4.79 Å². The molecule has 1 saturated heterocycles. The number of nitrogens with zero attached hydrogens (tertiary/aromatic N) is 5. The van der Waals surface area contributed by atoms with Crippen molar-refractivity contribution in [2.45, 2.75) is 32.4 Å². The Morgan fingerprint density at radius 3 is 2.69 bits per heavy atom. The summed E-state index contributed by atoms with van der Waals surface area (Å²) in [5.74, 6) is 1.10. The van der Waals surface area contributed by atoms with Crippen LogP contribution in [-0.2, 0) is 13.1 Å². The summed E-state index contributed by atoms with van der Waals surface area (Å²) < 4.78 is 1.88. The second-order valence-electron chi connectivity index (χ2n) is 7.10. The molecular formula is C20H21N5O. The van der Waals surface area contributed by atoms with Crippen LogP contribution in [0.1, 0.15) is 40.9 Å². The van der Waals surface area contributed by atoms with Crippen molar-refractivity contribution in [2.24, 2.45) is 0 Å².